The number of methoxy groups -OCH3 is 6. The van der Waals surface area contributed by atoms with Crippen LogP contribution in [0.3, 0.4) is 0 Å². The standard InChI is InChI=1S/C31H32N2O6.C22H22N2O6.C22H22N2O4.C22H22N2O3.3CH4.BH/c1-21-19-22(2)33-30(32-21)39-28(29(34)35)31(24-11-7-5-8-12-24,25-13-9-6-10-14-25)38-18-17-23-15-16-26(36-3)27(20-23)37-4;1-27-17-14-18(28-2)24-21(23-17)30-19(20(25)26)22(29-3,15-10-6-4-7-11-15)16-12-8-5-9-13-16;1-15-14-16(2)24-21(23-15)28-19(20(25)26)22(27-3,17-10-6-4-7-11-17)18-12-8-5-9-13-18;1-15-14-16(2)24-21(23-15)27-19(20(25)26)22(3,17-10-6-4-7-11-17)18-12-8-5-9-13-18;;;;/h5-16,19-20,28H,17-18H2,1-4H3,(H,34,35);4-14,19H,1-3H3,(H,25,26);4-14,19H,1-3H3,(H,25,26);4-14,19H,1-3H3,(H,25,26);3*1H4;1H. The summed E-state index contributed by atoms with van der Waals surface area (Å²) < 4.78 is 63.2. The Morgan fingerprint density at radius 1 is 0.297 bits per heavy atom. The van der Waals surface area contributed by atoms with Gasteiger partial charge in [-0.2, -0.15) is 9.97 Å². The van der Waals surface area contributed by atoms with Crippen LogP contribution in [-0.4, -0.2) is 166 Å². The number of nitrogens with zero attached hydrogens (tertiary/aromatic N) is 8. The van der Waals surface area contributed by atoms with E-state index in [1.807, 2.05) is 239 Å². The maximum atomic E-state index is 13.0. The molecular formula is C100H111BN8O19. The van der Waals surface area contributed by atoms with Crippen LogP contribution >= 0.6 is 0 Å². The zero-order valence-corrected chi connectivity index (χ0v) is 71.6. The molecular weight excluding hydrogens is 1630 g/mol. The number of carbonyl (C=O) groups is 4. The van der Waals surface area contributed by atoms with Crippen molar-refractivity contribution in [3.8, 4) is 47.3 Å². The van der Waals surface area contributed by atoms with Crippen molar-refractivity contribution in [2.75, 3.05) is 49.3 Å². The molecule has 0 fully saturated rings. The second-order valence-electron chi connectivity index (χ2n) is 28.4. The minimum atomic E-state index is -1.52. The molecule has 0 amide bonds. The maximum Gasteiger partial charge on any atom is 0.348 e. The zero-order valence-electron chi connectivity index (χ0n) is 71.6. The molecule has 0 aliphatic heterocycles. The molecule has 4 atom stereocenters. The Morgan fingerprint density at radius 2 is 0.539 bits per heavy atom. The molecule has 4 N–H and O–H groups in total. The highest BCUT2D eigenvalue weighted by molar-refractivity contribution is 5.79. The number of aryl methyl sites for hydroxylation is 6. The molecule has 2 radical (unpaired) electrons. The average molecular weight is 1740 g/mol. The fourth-order valence-corrected chi connectivity index (χ4v) is 14.5. The van der Waals surface area contributed by atoms with Gasteiger partial charge < -0.3 is 72.5 Å². The van der Waals surface area contributed by atoms with Gasteiger partial charge in [0.25, 0.3) is 0 Å². The summed E-state index contributed by atoms with van der Waals surface area (Å²) in [6.45, 7) is 12.9. The summed E-state index contributed by atoms with van der Waals surface area (Å²) in [5.74, 6) is -3.16. The van der Waals surface area contributed by atoms with Gasteiger partial charge in [-0.1, -0.05) is 271 Å². The second kappa shape index (κ2) is 48.1. The lowest BCUT2D eigenvalue weighted by Gasteiger charge is -2.39. The smallest absolute Gasteiger partial charge is 0.348 e. The Hall–Kier alpha value is -14.5. The first-order chi connectivity index (χ1) is 59.8. The molecule has 9 aromatic carbocycles. The van der Waals surface area contributed by atoms with Gasteiger partial charge in [-0.25, -0.2) is 49.1 Å². The van der Waals surface area contributed by atoms with Crippen molar-refractivity contribution >= 4 is 32.3 Å². The van der Waals surface area contributed by atoms with E-state index in [-0.39, 0.29) is 73.1 Å². The van der Waals surface area contributed by atoms with E-state index in [0.717, 1.165) is 28.1 Å². The van der Waals surface area contributed by atoms with Gasteiger partial charge in [0.05, 0.1) is 46.5 Å². The molecule has 0 saturated heterocycles. The molecule has 13 aromatic rings. The highest BCUT2D eigenvalue weighted by Crippen LogP contribution is 2.44. The number of hydrogen-bond acceptors (Lipinski definition) is 23. The molecule has 0 aliphatic rings. The van der Waals surface area contributed by atoms with Crippen LogP contribution in [-0.2, 0) is 62.0 Å². The predicted molar refractivity (Wildman–Crippen MR) is 489 cm³/mol. The lowest BCUT2D eigenvalue weighted by molar-refractivity contribution is -0.164. The number of aliphatic carboxylic acids is 4. The summed E-state index contributed by atoms with van der Waals surface area (Å²) >= 11 is 0. The molecule has 28 heteroatoms. The van der Waals surface area contributed by atoms with Crippen LogP contribution in [0.4, 0.5) is 0 Å². The van der Waals surface area contributed by atoms with Crippen molar-refractivity contribution in [3.63, 3.8) is 0 Å². The number of hydrogen-bond donors (Lipinski definition) is 4. The van der Waals surface area contributed by atoms with Gasteiger partial charge in [0.1, 0.15) is 0 Å². The molecule has 13 rings (SSSR count). The summed E-state index contributed by atoms with van der Waals surface area (Å²) in [6.07, 6.45) is -5.17. The highest BCUT2D eigenvalue weighted by Gasteiger charge is 2.53. The van der Waals surface area contributed by atoms with Gasteiger partial charge in [0.2, 0.25) is 36.2 Å². The van der Waals surface area contributed by atoms with Gasteiger partial charge in [-0.15, -0.1) is 0 Å². The minimum absolute atomic E-state index is 0. The number of ether oxygens (including phenoxy) is 11. The molecule has 27 nitrogen and oxygen atoms in total. The molecule has 0 bridgehead atoms. The topological polar surface area (TPSA) is 354 Å². The van der Waals surface area contributed by atoms with Crippen molar-refractivity contribution in [3.05, 3.63) is 369 Å². The molecule has 668 valence electrons. The molecule has 4 aromatic heterocycles. The zero-order chi connectivity index (χ0) is 89.0. The first-order valence-corrected chi connectivity index (χ1v) is 39.2. The summed E-state index contributed by atoms with van der Waals surface area (Å²) in [5.41, 5.74) is 5.21. The first-order valence-electron chi connectivity index (χ1n) is 39.2. The molecule has 0 aliphatic carbocycles. The molecule has 4 heterocycles. The Balaban J connectivity index is 0.000000263. The van der Waals surface area contributed by atoms with E-state index in [1.54, 1.807) is 103 Å². The van der Waals surface area contributed by atoms with E-state index in [9.17, 15) is 39.6 Å². The fraction of sp³-hybridized carbons (Fsp3) is 0.260. The largest absolute Gasteiger partial charge is 0.493 e. The number of carboxylic acid groups (broad SMARTS) is 4. The Kier molecular flexibility index (Phi) is 38.5. The van der Waals surface area contributed by atoms with Crippen molar-refractivity contribution in [2.24, 2.45) is 0 Å². The van der Waals surface area contributed by atoms with E-state index in [4.69, 9.17) is 52.1 Å². The van der Waals surface area contributed by atoms with Gasteiger partial charge in [-0.05, 0) is 135 Å². The lowest BCUT2D eigenvalue weighted by atomic mass is 9.72. The number of benzene rings is 9. The monoisotopic (exact) mass is 1740 g/mol. The molecule has 4 unspecified atom stereocenters. The summed E-state index contributed by atoms with van der Waals surface area (Å²) in [6, 6.07) is 86.1. The lowest BCUT2D eigenvalue weighted by Crippen LogP contribution is -2.51. The summed E-state index contributed by atoms with van der Waals surface area (Å²) in [7, 11) is 8.92. The first kappa shape index (κ1) is 102. The molecule has 0 spiro atoms. The fourth-order valence-electron chi connectivity index (χ4n) is 14.5. The average Bonchev–Trinajstić information content (AvgIpc) is 0.755. The van der Waals surface area contributed by atoms with Gasteiger partial charge in [-0.3, -0.25) is 0 Å². The van der Waals surface area contributed by atoms with Crippen molar-refractivity contribution in [2.45, 2.75) is 124 Å². The van der Waals surface area contributed by atoms with Crippen LogP contribution in [0.2, 0.25) is 0 Å². The van der Waals surface area contributed by atoms with Crippen LogP contribution in [0.5, 0.6) is 47.3 Å². The maximum absolute atomic E-state index is 13.0. The van der Waals surface area contributed by atoms with Gasteiger partial charge >= 0.3 is 47.9 Å². The Labute approximate surface area is 749 Å². The van der Waals surface area contributed by atoms with Crippen molar-refractivity contribution in [1.29, 1.82) is 0 Å². The van der Waals surface area contributed by atoms with Crippen LogP contribution in [0.25, 0.3) is 0 Å². The highest BCUT2D eigenvalue weighted by atomic mass is 16.6. The van der Waals surface area contributed by atoms with E-state index in [0.29, 0.717) is 74.1 Å². The molecule has 128 heavy (non-hydrogen) atoms. The van der Waals surface area contributed by atoms with Crippen LogP contribution in [0, 0.1) is 41.5 Å². The third kappa shape index (κ3) is 24.6. The van der Waals surface area contributed by atoms with Crippen LogP contribution < -0.4 is 37.9 Å². The van der Waals surface area contributed by atoms with E-state index >= 15 is 0 Å². The number of carboxylic acids is 4. The third-order valence-corrected chi connectivity index (χ3v) is 20.2. The SMILES string of the molecule is C.C.C.COC(c1ccccc1)(c1ccccc1)C(Oc1nc(C)cc(C)n1)C(=O)O.COc1cc(OC)nc(OC(C(=O)O)C(OC)(c2ccccc2)c2ccccc2)n1.COc1ccc(CCOC(c2ccccc2)(c2ccccc2)C(Oc2nc(C)cc(C)n2)C(=O)O)cc1OC.Cc1cc(C)nc(OC(C(=O)O)C(C)(c2ccccc2)c2ccccc2)n1.[BH]. The Morgan fingerprint density at radius 3 is 0.789 bits per heavy atom. The minimum Gasteiger partial charge on any atom is -0.493 e. The van der Waals surface area contributed by atoms with Gasteiger partial charge in [0.15, 0.2) is 28.3 Å². The van der Waals surface area contributed by atoms with Gasteiger partial charge in [0, 0.05) is 56.8 Å². The summed E-state index contributed by atoms with van der Waals surface area (Å²) in [4.78, 5) is 83.9. The van der Waals surface area contributed by atoms with Crippen LogP contribution in [0.15, 0.2) is 285 Å². The normalized spacial score (nSPS) is 11.8. The number of rotatable bonds is 34. The Bertz CT molecular complexity index is 5400. The molecule has 0 saturated carbocycles. The van der Waals surface area contributed by atoms with E-state index < -0.39 is 70.5 Å². The third-order valence-electron chi connectivity index (χ3n) is 20.2. The van der Waals surface area contributed by atoms with Crippen molar-refractivity contribution in [1.82, 2.24) is 39.9 Å². The summed E-state index contributed by atoms with van der Waals surface area (Å²) in [5, 5.41) is 40.9. The van der Waals surface area contributed by atoms with E-state index in [2.05, 4.69) is 39.9 Å². The van der Waals surface area contributed by atoms with Crippen LogP contribution in [0.1, 0.15) is 113 Å². The predicted octanol–water partition coefficient (Wildman–Crippen LogP) is 16.8. The van der Waals surface area contributed by atoms with Crippen molar-refractivity contribution < 1.29 is 91.7 Å². The van der Waals surface area contributed by atoms with E-state index in [1.165, 1.54) is 34.5 Å². The number of aromatic nitrogens is 8. The quantitative estimate of drug-likeness (QED) is 0.0272. The second-order valence-corrected chi connectivity index (χ2v) is 28.4.